The number of hydrogen-bond donors (Lipinski definition) is 1. The van der Waals surface area contributed by atoms with Crippen LogP contribution in [0.1, 0.15) is 17.2 Å². The van der Waals surface area contributed by atoms with E-state index in [0.29, 0.717) is 5.75 Å². The zero-order chi connectivity index (χ0) is 20.7. The van der Waals surface area contributed by atoms with Gasteiger partial charge in [-0.15, -0.1) is 0 Å². The summed E-state index contributed by atoms with van der Waals surface area (Å²) in [5, 5.41) is 2.70. The third kappa shape index (κ3) is 5.88. The Morgan fingerprint density at radius 1 is 1.14 bits per heavy atom. The number of likely N-dealkylation sites (N-methyl/N-ethyl adjacent to an activating group) is 1. The molecule has 2 aromatic carbocycles. The highest BCUT2D eigenvalue weighted by Gasteiger charge is 2.34. The second-order valence-electron chi connectivity index (χ2n) is 6.34. The Kier molecular flexibility index (Phi) is 7.28. The molecule has 2 aromatic rings. The maximum absolute atomic E-state index is 13.0. The Morgan fingerprint density at radius 3 is 2.50 bits per heavy atom. The van der Waals surface area contributed by atoms with Crippen LogP contribution in [0.2, 0.25) is 0 Å². The zero-order valence-electron chi connectivity index (χ0n) is 15.9. The second kappa shape index (κ2) is 9.45. The van der Waals surface area contributed by atoms with Gasteiger partial charge < -0.3 is 19.7 Å². The molecule has 0 saturated heterocycles. The fourth-order valence-electron chi connectivity index (χ4n) is 2.68. The fraction of sp³-hybridized carbons (Fsp3) is 0.350. The van der Waals surface area contributed by atoms with Crippen molar-refractivity contribution in [2.24, 2.45) is 0 Å². The molecule has 0 bridgehead atoms. The van der Waals surface area contributed by atoms with Gasteiger partial charge in [0.05, 0.1) is 18.7 Å². The normalized spacial score (nSPS) is 12.5. The van der Waals surface area contributed by atoms with Gasteiger partial charge in [0.15, 0.2) is 6.61 Å². The highest BCUT2D eigenvalue weighted by atomic mass is 19.4. The highest BCUT2D eigenvalue weighted by Crippen LogP contribution is 2.35. The summed E-state index contributed by atoms with van der Waals surface area (Å²) in [6, 6.07) is 12.1. The van der Waals surface area contributed by atoms with E-state index in [4.69, 9.17) is 9.47 Å². The summed E-state index contributed by atoms with van der Waals surface area (Å²) in [7, 11) is 5.31. The molecule has 0 spiro atoms. The zero-order valence-corrected chi connectivity index (χ0v) is 15.9. The Hall–Kier alpha value is -2.74. The van der Waals surface area contributed by atoms with Crippen LogP contribution in [0.25, 0.3) is 0 Å². The van der Waals surface area contributed by atoms with E-state index in [9.17, 15) is 18.0 Å². The van der Waals surface area contributed by atoms with Gasteiger partial charge in [0.1, 0.15) is 11.5 Å². The Morgan fingerprint density at radius 2 is 1.86 bits per heavy atom. The largest absolute Gasteiger partial charge is 0.497 e. The molecular formula is C20H23F3N2O3. The molecule has 8 heteroatoms. The summed E-state index contributed by atoms with van der Waals surface area (Å²) in [6.45, 7) is -0.241. The van der Waals surface area contributed by atoms with E-state index in [1.54, 1.807) is 7.11 Å². The first-order valence-electron chi connectivity index (χ1n) is 8.58. The van der Waals surface area contributed by atoms with Gasteiger partial charge in [-0.25, -0.2) is 0 Å². The Labute approximate surface area is 162 Å². The number of alkyl halides is 3. The molecule has 152 valence electrons. The molecule has 0 heterocycles. The summed E-state index contributed by atoms with van der Waals surface area (Å²) in [4.78, 5) is 14.0. The predicted molar refractivity (Wildman–Crippen MR) is 99.4 cm³/mol. The first-order valence-corrected chi connectivity index (χ1v) is 8.58. The molecule has 1 unspecified atom stereocenters. The molecule has 5 nitrogen and oxygen atoms in total. The summed E-state index contributed by atoms with van der Waals surface area (Å²) >= 11 is 0. The van der Waals surface area contributed by atoms with Gasteiger partial charge in [-0.1, -0.05) is 24.3 Å². The van der Waals surface area contributed by atoms with Crippen molar-refractivity contribution < 1.29 is 27.4 Å². The van der Waals surface area contributed by atoms with Crippen molar-refractivity contribution in [1.82, 2.24) is 10.2 Å². The number of amides is 1. The van der Waals surface area contributed by atoms with Gasteiger partial charge in [0, 0.05) is 6.54 Å². The highest BCUT2D eigenvalue weighted by molar-refractivity contribution is 5.77. The molecule has 0 saturated carbocycles. The summed E-state index contributed by atoms with van der Waals surface area (Å²) < 4.78 is 49.2. The smallest absolute Gasteiger partial charge is 0.419 e. The fourth-order valence-corrected chi connectivity index (χ4v) is 2.68. The molecule has 28 heavy (non-hydrogen) atoms. The number of ether oxygens (including phenoxy) is 2. The topological polar surface area (TPSA) is 50.8 Å². The van der Waals surface area contributed by atoms with E-state index >= 15 is 0 Å². The van der Waals surface area contributed by atoms with Gasteiger partial charge in [-0.05, 0) is 43.9 Å². The van der Waals surface area contributed by atoms with Crippen molar-refractivity contribution in [1.29, 1.82) is 0 Å². The van der Waals surface area contributed by atoms with Crippen LogP contribution in [0.15, 0.2) is 48.5 Å². The molecule has 2 rings (SSSR count). The lowest BCUT2D eigenvalue weighted by Crippen LogP contribution is -2.37. The van der Waals surface area contributed by atoms with Crippen molar-refractivity contribution in [3.8, 4) is 11.5 Å². The van der Waals surface area contributed by atoms with Crippen LogP contribution in [0.5, 0.6) is 11.5 Å². The van der Waals surface area contributed by atoms with Crippen LogP contribution in [0, 0.1) is 0 Å². The molecule has 1 amide bonds. The van der Waals surface area contributed by atoms with Crippen LogP contribution in [0.4, 0.5) is 13.2 Å². The lowest BCUT2D eigenvalue weighted by atomic mass is 10.1. The minimum atomic E-state index is -4.55. The number of para-hydroxylation sites is 1. The lowest BCUT2D eigenvalue weighted by molar-refractivity contribution is -0.139. The van der Waals surface area contributed by atoms with Crippen LogP contribution in [-0.2, 0) is 11.0 Å². The van der Waals surface area contributed by atoms with E-state index in [-0.39, 0.29) is 18.3 Å². The van der Waals surface area contributed by atoms with E-state index in [2.05, 4.69) is 5.32 Å². The third-order valence-corrected chi connectivity index (χ3v) is 4.15. The summed E-state index contributed by atoms with van der Waals surface area (Å²) in [6.07, 6.45) is -4.55. The second-order valence-corrected chi connectivity index (χ2v) is 6.34. The number of rotatable bonds is 8. The molecule has 1 atom stereocenters. The predicted octanol–water partition coefficient (Wildman–Crippen LogP) is 3.51. The molecule has 0 aromatic heterocycles. The van der Waals surface area contributed by atoms with Crippen molar-refractivity contribution in [3.05, 3.63) is 59.7 Å². The van der Waals surface area contributed by atoms with Crippen molar-refractivity contribution in [2.75, 3.05) is 34.4 Å². The molecule has 0 fully saturated rings. The van der Waals surface area contributed by atoms with Crippen LogP contribution in [0.3, 0.4) is 0 Å². The number of methoxy groups -OCH3 is 1. The lowest BCUT2D eigenvalue weighted by Gasteiger charge is -2.25. The third-order valence-electron chi connectivity index (χ3n) is 4.15. The summed E-state index contributed by atoms with van der Waals surface area (Å²) in [5.41, 5.74) is 0.0262. The maximum Gasteiger partial charge on any atom is 0.419 e. The van der Waals surface area contributed by atoms with E-state index < -0.39 is 24.3 Å². The first-order chi connectivity index (χ1) is 13.2. The van der Waals surface area contributed by atoms with Crippen molar-refractivity contribution in [3.63, 3.8) is 0 Å². The van der Waals surface area contributed by atoms with Crippen molar-refractivity contribution in [2.45, 2.75) is 12.2 Å². The number of carbonyl (C=O) groups is 1. The quantitative estimate of drug-likeness (QED) is 0.742. The van der Waals surface area contributed by atoms with Crippen LogP contribution in [-0.4, -0.2) is 45.2 Å². The van der Waals surface area contributed by atoms with Gasteiger partial charge in [0.2, 0.25) is 0 Å². The minimum Gasteiger partial charge on any atom is -0.497 e. The standard InChI is InChI=1S/C20H23F3N2O3/c1-25(2)17(14-7-6-8-15(11-14)27-3)12-24-19(26)13-28-18-10-5-4-9-16(18)20(21,22)23/h4-11,17H,12-13H2,1-3H3,(H,24,26). The molecule has 0 aliphatic heterocycles. The SMILES string of the molecule is COc1cccc(C(CNC(=O)COc2ccccc2C(F)(F)F)N(C)C)c1. The van der Waals surface area contributed by atoms with E-state index in [1.807, 2.05) is 43.3 Å². The average Bonchev–Trinajstić information content (AvgIpc) is 2.66. The number of hydrogen-bond acceptors (Lipinski definition) is 4. The average molecular weight is 396 g/mol. The van der Waals surface area contributed by atoms with Gasteiger partial charge in [-0.3, -0.25) is 4.79 Å². The molecule has 0 aliphatic rings. The van der Waals surface area contributed by atoms with E-state index in [0.717, 1.165) is 11.6 Å². The number of benzene rings is 2. The minimum absolute atomic E-state index is 0.137. The number of nitrogens with zero attached hydrogens (tertiary/aromatic N) is 1. The van der Waals surface area contributed by atoms with Gasteiger partial charge in [-0.2, -0.15) is 13.2 Å². The van der Waals surface area contributed by atoms with Crippen LogP contribution < -0.4 is 14.8 Å². The van der Waals surface area contributed by atoms with Gasteiger partial charge >= 0.3 is 6.18 Å². The van der Waals surface area contributed by atoms with Crippen LogP contribution >= 0.6 is 0 Å². The molecule has 1 N–H and O–H groups in total. The van der Waals surface area contributed by atoms with Gasteiger partial charge in [0.25, 0.3) is 5.91 Å². The van der Waals surface area contributed by atoms with E-state index in [1.165, 1.54) is 18.2 Å². The number of halogens is 3. The Bertz CT molecular complexity index is 794. The maximum atomic E-state index is 13.0. The number of nitrogens with one attached hydrogen (secondary N) is 1. The molecule has 0 radical (unpaired) electrons. The first kappa shape index (κ1) is 21.6. The molecule has 0 aliphatic carbocycles. The monoisotopic (exact) mass is 396 g/mol. The van der Waals surface area contributed by atoms with Crippen molar-refractivity contribution >= 4 is 5.91 Å². The molecular weight excluding hydrogens is 373 g/mol. The Balaban J connectivity index is 1.97. The number of carbonyl (C=O) groups excluding carboxylic acids is 1. The summed E-state index contributed by atoms with van der Waals surface area (Å²) in [5.74, 6) is -0.184.